The van der Waals surface area contributed by atoms with Gasteiger partial charge in [-0.05, 0) is 17.7 Å². The number of ether oxygens (including phenoxy) is 2. The van der Waals surface area contributed by atoms with E-state index in [-0.39, 0.29) is 18.5 Å². The third-order valence-corrected chi connectivity index (χ3v) is 2.84. The number of methoxy groups -OCH3 is 1. The number of aliphatic hydroxyl groups is 1. The van der Waals surface area contributed by atoms with Crippen LogP contribution in [0.2, 0.25) is 0 Å². The number of hydrogen-bond donors (Lipinski definition) is 1. The Hall–Kier alpha value is -1.55. The fourth-order valence-corrected chi connectivity index (χ4v) is 1.96. The standard InChI is InChI=1S/C12H14O4/c1-15-9-4-2-8(3-5-9)10-6-12(14)16-11(10)7-13/h2-5,10-11,13H,6-7H2,1H3/t10-,11-/m1/s1. The average molecular weight is 222 g/mol. The van der Waals surface area contributed by atoms with Crippen molar-refractivity contribution in [2.45, 2.75) is 18.4 Å². The van der Waals surface area contributed by atoms with Crippen molar-refractivity contribution in [2.75, 3.05) is 13.7 Å². The molecular weight excluding hydrogens is 208 g/mol. The van der Waals surface area contributed by atoms with Crippen LogP contribution in [0.4, 0.5) is 0 Å². The minimum absolute atomic E-state index is 0.0524. The smallest absolute Gasteiger partial charge is 0.306 e. The van der Waals surface area contributed by atoms with Gasteiger partial charge >= 0.3 is 5.97 Å². The Morgan fingerprint density at radius 1 is 1.44 bits per heavy atom. The Morgan fingerprint density at radius 2 is 2.12 bits per heavy atom. The van der Waals surface area contributed by atoms with Crippen LogP contribution in [0.1, 0.15) is 17.9 Å². The maximum absolute atomic E-state index is 11.2. The molecule has 0 bridgehead atoms. The van der Waals surface area contributed by atoms with E-state index < -0.39 is 6.10 Å². The van der Waals surface area contributed by atoms with Crippen LogP contribution in [0, 0.1) is 0 Å². The van der Waals surface area contributed by atoms with E-state index in [0.717, 1.165) is 11.3 Å². The summed E-state index contributed by atoms with van der Waals surface area (Å²) in [5, 5.41) is 9.11. The molecule has 0 unspecified atom stereocenters. The number of carbonyl (C=O) groups excluding carboxylic acids is 1. The molecule has 2 atom stereocenters. The van der Waals surface area contributed by atoms with Crippen LogP contribution >= 0.6 is 0 Å². The summed E-state index contributed by atoms with van der Waals surface area (Å²) in [6, 6.07) is 7.47. The molecule has 2 rings (SSSR count). The van der Waals surface area contributed by atoms with Crippen molar-refractivity contribution >= 4 is 5.97 Å². The van der Waals surface area contributed by atoms with Gasteiger partial charge in [-0.3, -0.25) is 4.79 Å². The first-order valence-electron chi connectivity index (χ1n) is 5.19. The SMILES string of the molecule is COc1ccc([C@H]2CC(=O)O[C@@H]2CO)cc1. The Balaban J connectivity index is 2.19. The molecule has 86 valence electrons. The van der Waals surface area contributed by atoms with Gasteiger partial charge in [0.15, 0.2) is 0 Å². The molecule has 1 aromatic carbocycles. The molecule has 1 aliphatic rings. The number of rotatable bonds is 3. The van der Waals surface area contributed by atoms with Crippen molar-refractivity contribution in [1.29, 1.82) is 0 Å². The van der Waals surface area contributed by atoms with Gasteiger partial charge in [0.1, 0.15) is 11.9 Å². The van der Waals surface area contributed by atoms with Gasteiger partial charge in [-0.25, -0.2) is 0 Å². The minimum Gasteiger partial charge on any atom is -0.497 e. The predicted molar refractivity (Wildman–Crippen MR) is 57.3 cm³/mol. The van der Waals surface area contributed by atoms with Crippen LogP contribution in [0.5, 0.6) is 5.75 Å². The molecule has 0 amide bonds. The zero-order valence-corrected chi connectivity index (χ0v) is 9.05. The molecule has 4 heteroatoms. The quantitative estimate of drug-likeness (QED) is 0.778. The molecule has 4 nitrogen and oxygen atoms in total. The first-order valence-corrected chi connectivity index (χ1v) is 5.19. The second kappa shape index (κ2) is 4.53. The molecule has 1 aliphatic heterocycles. The number of esters is 1. The molecular formula is C12H14O4. The lowest BCUT2D eigenvalue weighted by Gasteiger charge is -2.15. The Kier molecular flexibility index (Phi) is 3.10. The third-order valence-electron chi connectivity index (χ3n) is 2.84. The minimum atomic E-state index is -0.416. The molecule has 0 aromatic heterocycles. The lowest BCUT2D eigenvalue weighted by atomic mass is 9.93. The second-order valence-electron chi connectivity index (χ2n) is 3.79. The molecule has 1 saturated heterocycles. The first-order chi connectivity index (χ1) is 7.74. The Bertz CT molecular complexity index is 371. The largest absolute Gasteiger partial charge is 0.497 e. The molecule has 1 heterocycles. The zero-order chi connectivity index (χ0) is 11.5. The van der Waals surface area contributed by atoms with Crippen molar-refractivity contribution in [2.24, 2.45) is 0 Å². The summed E-state index contributed by atoms with van der Waals surface area (Å²) >= 11 is 0. The van der Waals surface area contributed by atoms with Crippen LogP contribution in [0.25, 0.3) is 0 Å². The highest BCUT2D eigenvalue weighted by molar-refractivity contribution is 5.73. The highest BCUT2D eigenvalue weighted by atomic mass is 16.6. The lowest BCUT2D eigenvalue weighted by molar-refractivity contribution is -0.142. The van der Waals surface area contributed by atoms with Gasteiger partial charge in [0, 0.05) is 5.92 Å². The highest BCUT2D eigenvalue weighted by Crippen LogP contribution is 2.32. The number of aliphatic hydroxyl groups excluding tert-OH is 1. The number of carbonyl (C=O) groups is 1. The lowest BCUT2D eigenvalue weighted by Crippen LogP contribution is -2.18. The number of benzene rings is 1. The van der Waals surface area contributed by atoms with Crippen LogP contribution in [0.3, 0.4) is 0 Å². The summed E-state index contributed by atoms with van der Waals surface area (Å²) in [4.78, 5) is 11.2. The number of cyclic esters (lactones) is 1. The summed E-state index contributed by atoms with van der Waals surface area (Å²) in [5.74, 6) is 0.470. The summed E-state index contributed by atoms with van der Waals surface area (Å²) in [7, 11) is 1.60. The maximum atomic E-state index is 11.2. The van der Waals surface area contributed by atoms with E-state index in [4.69, 9.17) is 14.6 Å². The van der Waals surface area contributed by atoms with E-state index >= 15 is 0 Å². The van der Waals surface area contributed by atoms with E-state index in [1.54, 1.807) is 7.11 Å². The fraction of sp³-hybridized carbons (Fsp3) is 0.417. The van der Waals surface area contributed by atoms with E-state index in [1.165, 1.54) is 0 Å². The molecule has 1 fully saturated rings. The Morgan fingerprint density at radius 3 is 2.69 bits per heavy atom. The summed E-state index contributed by atoms with van der Waals surface area (Å²) in [5.41, 5.74) is 0.991. The van der Waals surface area contributed by atoms with Gasteiger partial charge < -0.3 is 14.6 Å². The highest BCUT2D eigenvalue weighted by Gasteiger charge is 2.35. The molecule has 16 heavy (non-hydrogen) atoms. The summed E-state index contributed by atoms with van der Waals surface area (Å²) < 4.78 is 10.1. The van der Waals surface area contributed by atoms with Gasteiger partial charge in [-0.15, -0.1) is 0 Å². The normalized spacial score (nSPS) is 24.2. The molecule has 1 N–H and O–H groups in total. The van der Waals surface area contributed by atoms with E-state index in [1.807, 2.05) is 24.3 Å². The molecule has 0 radical (unpaired) electrons. The summed E-state index contributed by atoms with van der Waals surface area (Å²) in [6.07, 6.45) is -0.0849. The van der Waals surface area contributed by atoms with Gasteiger partial charge in [0.25, 0.3) is 0 Å². The molecule has 1 aromatic rings. The zero-order valence-electron chi connectivity index (χ0n) is 9.05. The number of hydrogen-bond acceptors (Lipinski definition) is 4. The van der Waals surface area contributed by atoms with Crippen LogP contribution in [0.15, 0.2) is 24.3 Å². The topological polar surface area (TPSA) is 55.8 Å². The van der Waals surface area contributed by atoms with E-state index in [9.17, 15) is 4.79 Å². The van der Waals surface area contributed by atoms with Crippen LogP contribution < -0.4 is 4.74 Å². The Labute approximate surface area is 93.8 Å². The van der Waals surface area contributed by atoms with Crippen molar-refractivity contribution in [3.63, 3.8) is 0 Å². The van der Waals surface area contributed by atoms with E-state index in [0.29, 0.717) is 6.42 Å². The van der Waals surface area contributed by atoms with Crippen LogP contribution in [-0.2, 0) is 9.53 Å². The van der Waals surface area contributed by atoms with Crippen molar-refractivity contribution in [3.8, 4) is 5.75 Å². The second-order valence-corrected chi connectivity index (χ2v) is 3.79. The van der Waals surface area contributed by atoms with Gasteiger partial charge in [0.2, 0.25) is 0 Å². The average Bonchev–Trinajstić information content (AvgIpc) is 2.70. The molecule has 0 saturated carbocycles. The van der Waals surface area contributed by atoms with Crippen LogP contribution in [-0.4, -0.2) is 30.9 Å². The van der Waals surface area contributed by atoms with Crippen molar-refractivity contribution in [1.82, 2.24) is 0 Å². The van der Waals surface area contributed by atoms with Gasteiger partial charge in [-0.1, -0.05) is 12.1 Å². The van der Waals surface area contributed by atoms with Gasteiger partial charge in [0.05, 0.1) is 20.1 Å². The fourth-order valence-electron chi connectivity index (χ4n) is 1.96. The summed E-state index contributed by atoms with van der Waals surface area (Å²) in [6.45, 7) is -0.136. The monoisotopic (exact) mass is 222 g/mol. The first kappa shape index (κ1) is 11.0. The molecule has 0 spiro atoms. The molecule has 0 aliphatic carbocycles. The third kappa shape index (κ3) is 2.02. The van der Waals surface area contributed by atoms with Gasteiger partial charge in [-0.2, -0.15) is 0 Å². The van der Waals surface area contributed by atoms with E-state index in [2.05, 4.69) is 0 Å². The maximum Gasteiger partial charge on any atom is 0.306 e. The van der Waals surface area contributed by atoms with Crippen molar-refractivity contribution < 1.29 is 19.4 Å². The predicted octanol–water partition coefficient (Wildman–Crippen LogP) is 1.09. The van der Waals surface area contributed by atoms with Crippen molar-refractivity contribution in [3.05, 3.63) is 29.8 Å².